The maximum atomic E-state index is 12.9. The van der Waals surface area contributed by atoms with Crippen LogP contribution in [0.4, 0.5) is 11.4 Å². The lowest BCUT2D eigenvalue weighted by Crippen LogP contribution is -2.38. The molecule has 0 bridgehead atoms. The minimum atomic E-state index is -0.0956. The second-order valence-electron chi connectivity index (χ2n) is 7.04. The van der Waals surface area contributed by atoms with E-state index in [-0.39, 0.29) is 24.4 Å². The molecule has 0 spiro atoms. The minimum absolute atomic E-state index is 0.00480. The highest BCUT2D eigenvalue weighted by molar-refractivity contribution is 5.96. The quantitative estimate of drug-likeness (QED) is 0.723. The van der Waals surface area contributed by atoms with Crippen molar-refractivity contribution in [1.29, 1.82) is 0 Å². The van der Waals surface area contributed by atoms with E-state index in [2.05, 4.69) is 20.7 Å². The van der Waals surface area contributed by atoms with E-state index in [1.54, 1.807) is 17.9 Å². The number of tetrazole rings is 1. The summed E-state index contributed by atoms with van der Waals surface area (Å²) in [5.41, 5.74) is 3.39. The summed E-state index contributed by atoms with van der Waals surface area (Å²) in [5, 5.41) is 15.3. The van der Waals surface area contributed by atoms with Crippen molar-refractivity contribution in [3.05, 3.63) is 54.1 Å². The maximum absolute atomic E-state index is 12.9. The van der Waals surface area contributed by atoms with Crippen molar-refractivity contribution in [1.82, 2.24) is 20.2 Å². The summed E-state index contributed by atoms with van der Waals surface area (Å²) < 4.78 is 0. The molecule has 2 aromatic carbocycles. The third-order valence-electron chi connectivity index (χ3n) is 4.97. The van der Waals surface area contributed by atoms with E-state index in [4.69, 9.17) is 0 Å². The van der Waals surface area contributed by atoms with Crippen LogP contribution in [0.25, 0.3) is 11.4 Å². The smallest absolute Gasteiger partial charge is 0.250 e. The third kappa shape index (κ3) is 3.73. The summed E-state index contributed by atoms with van der Waals surface area (Å²) in [6.07, 6.45) is 1.21. The van der Waals surface area contributed by atoms with Gasteiger partial charge >= 0.3 is 0 Å². The van der Waals surface area contributed by atoms with Gasteiger partial charge in [-0.05, 0) is 42.3 Å². The summed E-state index contributed by atoms with van der Waals surface area (Å²) in [5.74, 6) is 0.181. The van der Waals surface area contributed by atoms with E-state index in [1.165, 1.54) is 10.4 Å². The lowest BCUT2D eigenvalue weighted by molar-refractivity contribution is -0.120. The highest BCUT2D eigenvalue weighted by Crippen LogP contribution is 2.32. The maximum Gasteiger partial charge on any atom is 0.250 e. The van der Waals surface area contributed by atoms with Gasteiger partial charge in [0.15, 0.2) is 0 Å². The number of hydrogen-bond acceptors (Lipinski definition) is 5. The number of carbonyl (C=O) groups is 2. The van der Waals surface area contributed by atoms with Gasteiger partial charge in [0.1, 0.15) is 6.54 Å². The van der Waals surface area contributed by atoms with Crippen LogP contribution in [0, 0.1) is 0 Å². The number of para-hydroxylation sites is 2. The van der Waals surface area contributed by atoms with Crippen LogP contribution >= 0.6 is 0 Å². The second kappa shape index (κ2) is 7.83. The normalized spacial score (nSPS) is 15.2. The number of hydrogen-bond donors (Lipinski definition) is 1. The third-order valence-corrected chi connectivity index (χ3v) is 4.97. The Hall–Kier alpha value is -3.55. The molecule has 0 radical (unpaired) electrons. The van der Waals surface area contributed by atoms with Gasteiger partial charge in [-0.1, -0.05) is 37.3 Å². The summed E-state index contributed by atoms with van der Waals surface area (Å²) in [4.78, 5) is 27.8. The van der Waals surface area contributed by atoms with E-state index in [1.807, 2.05) is 49.4 Å². The van der Waals surface area contributed by atoms with Crippen LogP contribution in [-0.2, 0) is 22.6 Å². The van der Waals surface area contributed by atoms with Crippen molar-refractivity contribution in [2.24, 2.45) is 0 Å². The number of amides is 2. The SMILES string of the molecule is CCC(=O)Nc1ccccc1-c1nnn(CC(=O)N2c3ccccc3C[C@@H]2C)n1. The van der Waals surface area contributed by atoms with Crippen LogP contribution in [0.5, 0.6) is 0 Å². The van der Waals surface area contributed by atoms with Crippen LogP contribution in [0.3, 0.4) is 0 Å². The monoisotopic (exact) mass is 390 g/mol. The van der Waals surface area contributed by atoms with Crippen molar-refractivity contribution in [2.75, 3.05) is 10.2 Å². The van der Waals surface area contributed by atoms with E-state index in [9.17, 15) is 9.59 Å². The number of nitrogens with one attached hydrogen (secondary N) is 1. The Labute approximate surface area is 168 Å². The van der Waals surface area contributed by atoms with Gasteiger partial charge in [0.05, 0.1) is 5.69 Å². The Morgan fingerprint density at radius 1 is 1.14 bits per heavy atom. The largest absolute Gasteiger partial charge is 0.325 e. The Kier molecular flexibility index (Phi) is 5.07. The fourth-order valence-electron chi connectivity index (χ4n) is 3.59. The minimum Gasteiger partial charge on any atom is -0.325 e. The standard InChI is InChI=1S/C21H22N6O2/c1-3-19(28)22-17-10-6-5-9-16(17)21-23-25-26(24-21)13-20(29)27-14(2)12-15-8-4-7-11-18(15)27/h4-11,14H,3,12-13H2,1-2H3,(H,22,28)/t14-/m0/s1. The molecule has 0 aliphatic carbocycles. The predicted molar refractivity (Wildman–Crippen MR) is 109 cm³/mol. The first-order valence-corrected chi connectivity index (χ1v) is 9.64. The summed E-state index contributed by atoms with van der Waals surface area (Å²) in [6.45, 7) is 3.81. The Morgan fingerprint density at radius 3 is 2.72 bits per heavy atom. The molecule has 1 aliphatic heterocycles. The van der Waals surface area contributed by atoms with Gasteiger partial charge < -0.3 is 10.2 Å². The number of aromatic nitrogens is 4. The number of fused-ring (bicyclic) bond motifs is 1. The first kappa shape index (κ1) is 18.8. The number of rotatable bonds is 5. The van der Waals surface area contributed by atoms with Gasteiger partial charge in [-0.2, -0.15) is 4.80 Å². The first-order chi connectivity index (χ1) is 14.1. The van der Waals surface area contributed by atoms with Gasteiger partial charge in [0, 0.05) is 23.7 Å². The van der Waals surface area contributed by atoms with E-state index >= 15 is 0 Å². The topological polar surface area (TPSA) is 93.0 Å². The van der Waals surface area contributed by atoms with Crippen LogP contribution in [0.2, 0.25) is 0 Å². The van der Waals surface area contributed by atoms with E-state index < -0.39 is 0 Å². The van der Waals surface area contributed by atoms with Crippen LogP contribution in [0.1, 0.15) is 25.8 Å². The lowest BCUT2D eigenvalue weighted by atomic mass is 10.1. The van der Waals surface area contributed by atoms with Crippen LogP contribution in [-0.4, -0.2) is 38.1 Å². The average molecular weight is 390 g/mol. The molecular weight excluding hydrogens is 368 g/mol. The molecule has 0 fully saturated rings. The second-order valence-corrected chi connectivity index (χ2v) is 7.04. The van der Waals surface area contributed by atoms with Crippen molar-refractivity contribution in [3.63, 3.8) is 0 Å². The predicted octanol–water partition coefficient (Wildman–Crippen LogP) is 2.67. The molecular formula is C21H22N6O2. The summed E-state index contributed by atoms with van der Waals surface area (Å²) in [6, 6.07) is 15.3. The molecule has 2 amide bonds. The van der Waals surface area contributed by atoms with Gasteiger partial charge in [0.25, 0.3) is 5.91 Å². The van der Waals surface area contributed by atoms with Crippen molar-refractivity contribution in [3.8, 4) is 11.4 Å². The molecule has 0 saturated carbocycles. The zero-order chi connectivity index (χ0) is 20.4. The molecule has 1 atom stereocenters. The molecule has 1 aliphatic rings. The van der Waals surface area contributed by atoms with Crippen molar-refractivity contribution in [2.45, 2.75) is 39.3 Å². The number of benzene rings is 2. The average Bonchev–Trinajstić information content (AvgIpc) is 3.31. The van der Waals surface area contributed by atoms with Gasteiger partial charge in [0.2, 0.25) is 11.7 Å². The first-order valence-electron chi connectivity index (χ1n) is 9.64. The number of carbonyl (C=O) groups excluding carboxylic acids is 2. The van der Waals surface area contributed by atoms with E-state index in [0.717, 1.165) is 12.1 Å². The lowest BCUT2D eigenvalue weighted by Gasteiger charge is -2.22. The molecule has 8 heteroatoms. The van der Waals surface area contributed by atoms with Gasteiger partial charge in [-0.3, -0.25) is 9.59 Å². The van der Waals surface area contributed by atoms with E-state index in [0.29, 0.717) is 23.5 Å². The molecule has 4 rings (SSSR count). The molecule has 148 valence electrons. The Morgan fingerprint density at radius 2 is 1.90 bits per heavy atom. The molecule has 1 N–H and O–H groups in total. The van der Waals surface area contributed by atoms with Crippen molar-refractivity contribution >= 4 is 23.2 Å². The van der Waals surface area contributed by atoms with Gasteiger partial charge in [-0.25, -0.2) is 0 Å². The molecule has 29 heavy (non-hydrogen) atoms. The highest BCUT2D eigenvalue weighted by atomic mass is 16.2. The summed E-state index contributed by atoms with van der Waals surface area (Å²) >= 11 is 0. The number of anilines is 2. The Balaban J connectivity index is 1.54. The summed E-state index contributed by atoms with van der Waals surface area (Å²) in [7, 11) is 0. The number of nitrogens with zero attached hydrogens (tertiary/aromatic N) is 5. The zero-order valence-electron chi connectivity index (χ0n) is 16.4. The molecule has 2 heterocycles. The zero-order valence-corrected chi connectivity index (χ0v) is 16.4. The van der Waals surface area contributed by atoms with Crippen molar-refractivity contribution < 1.29 is 9.59 Å². The molecule has 0 unspecified atom stereocenters. The Bertz CT molecular complexity index is 1060. The van der Waals surface area contributed by atoms with Crippen LogP contribution < -0.4 is 10.2 Å². The van der Waals surface area contributed by atoms with Crippen LogP contribution in [0.15, 0.2) is 48.5 Å². The fourth-order valence-corrected chi connectivity index (χ4v) is 3.59. The molecule has 8 nitrogen and oxygen atoms in total. The molecule has 1 aromatic heterocycles. The fraction of sp³-hybridized carbons (Fsp3) is 0.286. The molecule has 3 aromatic rings. The van der Waals surface area contributed by atoms with Gasteiger partial charge in [-0.15, -0.1) is 10.2 Å². The highest BCUT2D eigenvalue weighted by Gasteiger charge is 2.31. The molecule has 0 saturated heterocycles.